The summed E-state index contributed by atoms with van der Waals surface area (Å²) in [5.74, 6) is -2.94. The van der Waals surface area contributed by atoms with Gasteiger partial charge in [0.1, 0.15) is 18.2 Å². The summed E-state index contributed by atoms with van der Waals surface area (Å²) < 4.78 is 26.6. The van der Waals surface area contributed by atoms with Gasteiger partial charge in [-0.05, 0) is 31.2 Å². The second kappa shape index (κ2) is 8.27. The molecule has 0 heterocycles. The third-order valence-electron chi connectivity index (χ3n) is 3.34. The highest BCUT2D eigenvalue weighted by atomic mass is 35.5. The highest BCUT2D eigenvalue weighted by molar-refractivity contribution is 6.39. The van der Waals surface area contributed by atoms with Crippen LogP contribution in [0, 0.1) is 11.6 Å². The fraction of sp³-hybridized carbons (Fsp3) is 0.176. The SMILES string of the molecule is CCN(CC(=O)Nc1c(Cl)cccc1Cl)C(=O)c1cc(F)cc(F)c1. The van der Waals surface area contributed by atoms with Gasteiger partial charge in [-0.2, -0.15) is 0 Å². The molecule has 0 atom stereocenters. The van der Waals surface area contributed by atoms with E-state index in [2.05, 4.69) is 5.32 Å². The number of anilines is 1. The minimum Gasteiger partial charge on any atom is -0.330 e. The van der Waals surface area contributed by atoms with Gasteiger partial charge < -0.3 is 10.2 Å². The number of hydrogen-bond acceptors (Lipinski definition) is 2. The molecule has 0 aliphatic carbocycles. The lowest BCUT2D eigenvalue weighted by Crippen LogP contribution is -2.38. The topological polar surface area (TPSA) is 49.4 Å². The molecule has 0 aliphatic heterocycles. The van der Waals surface area contributed by atoms with Gasteiger partial charge in [0.05, 0.1) is 15.7 Å². The van der Waals surface area contributed by atoms with Gasteiger partial charge in [-0.1, -0.05) is 29.3 Å². The molecular formula is C17H14Cl2F2N2O2. The quantitative estimate of drug-likeness (QED) is 0.828. The first-order chi connectivity index (χ1) is 11.8. The molecule has 0 aliphatic rings. The molecule has 0 saturated carbocycles. The second-order valence-electron chi connectivity index (χ2n) is 5.12. The monoisotopic (exact) mass is 386 g/mol. The summed E-state index contributed by atoms with van der Waals surface area (Å²) in [6, 6.07) is 7.23. The molecule has 0 saturated heterocycles. The predicted octanol–water partition coefficient (Wildman–Crippen LogP) is 4.37. The Hall–Kier alpha value is -2.18. The van der Waals surface area contributed by atoms with Crippen LogP contribution in [0.5, 0.6) is 0 Å². The molecule has 2 aromatic rings. The Bertz CT molecular complexity index is 775. The number of rotatable bonds is 5. The lowest BCUT2D eigenvalue weighted by atomic mass is 10.2. The predicted molar refractivity (Wildman–Crippen MR) is 93.0 cm³/mol. The third-order valence-corrected chi connectivity index (χ3v) is 3.97. The first-order valence-electron chi connectivity index (χ1n) is 7.31. The highest BCUT2D eigenvalue weighted by Crippen LogP contribution is 2.29. The van der Waals surface area contributed by atoms with E-state index in [4.69, 9.17) is 23.2 Å². The summed E-state index contributed by atoms with van der Waals surface area (Å²) in [5.41, 5.74) is 0.0547. The molecule has 2 amide bonds. The van der Waals surface area contributed by atoms with Crippen LogP contribution in [0.15, 0.2) is 36.4 Å². The largest absolute Gasteiger partial charge is 0.330 e. The molecule has 0 bridgehead atoms. The highest BCUT2D eigenvalue weighted by Gasteiger charge is 2.20. The van der Waals surface area contributed by atoms with E-state index in [9.17, 15) is 18.4 Å². The smallest absolute Gasteiger partial charge is 0.254 e. The van der Waals surface area contributed by atoms with Crippen LogP contribution < -0.4 is 5.32 Å². The Labute approximate surface area is 153 Å². The van der Waals surface area contributed by atoms with Gasteiger partial charge in [0.2, 0.25) is 5.91 Å². The maximum absolute atomic E-state index is 13.3. The first kappa shape index (κ1) is 19.1. The molecule has 25 heavy (non-hydrogen) atoms. The molecule has 8 heteroatoms. The van der Waals surface area contributed by atoms with Crippen LogP contribution in [0.25, 0.3) is 0 Å². The number of carbonyl (C=O) groups is 2. The molecule has 0 radical (unpaired) electrons. The molecule has 132 valence electrons. The summed E-state index contributed by atoms with van der Waals surface area (Å²) >= 11 is 11.9. The minimum absolute atomic E-state index is 0.167. The summed E-state index contributed by atoms with van der Waals surface area (Å²) in [6.45, 7) is 1.49. The van der Waals surface area contributed by atoms with E-state index in [1.807, 2.05) is 0 Å². The average Bonchev–Trinajstić information content (AvgIpc) is 2.54. The van der Waals surface area contributed by atoms with E-state index >= 15 is 0 Å². The van der Waals surface area contributed by atoms with Crippen LogP contribution in [-0.2, 0) is 4.79 Å². The number of para-hydroxylation sites is 1. The molecule has 0 fully saturated rings. The van der Waals surface area contributed by atoms with Crippen LogP contribution in [0.1, 0.15) is 17.3 Å². The van der Waals surface area contributed by atoms with Crippen molar-refractivity contribution in [3.8, 4) is 0 Å². The summed E-state index contributed by atoms with van der Waals surface area (Å²) in [4.78, 5) is 25.7. The number of halogens is 4. The second-order valence-corrected chi connectivity index (χ2v) is 5.94. The molecule has 2 rings (SSSR count). The number of nitrogens with zero attached hydrogens (tertiary/aromatic N) is 1. The number of likely N-dealkylation sites (N-methyl/N-ethyl adjacent to an activating group) is 1. The number of benzene rings is 2. The van der Waals surface area contributed by atoms with E-state index in [1.165, 1.54) is 0 Å². The third kappa shape index (κ3) is 4.90. The zero-order chi connectivity index (χ0) is 18.6. The summed E-state index contributed by atoms with van der Waals surface area (Å²) in [7, 11) is 0. The summed E-state index contributed by atoms with van der Waals surface area (Å²) in [5, 5.41) is 3.03. The van der Waals surface area contributed by atoms with Crippen LogP contribution in [0.3, 0.4) is 0 Å². The Morgan fingerprint density at radius 3 is 2.16 bits per heavy atom. The van der Waals surface area contributed by atoms with Crippen molar-refractivity contribution in [3.05, 3.63) is 63.6 Å². The Kier molecular flexibility index (Phi) is 6.33. The van der Waals surface area contributed by atoms with E-state index in [0.29, 0.717) is 6.07 Å². The molecule has 2 aromatic carbocycles. The van der Waals surface area contributed by atoms with Crippen LogP contribution in [-0.4, -0.2) is 29.8 Å². The van der Waals surface area contributed by atoms with Crippen LogP contribution >= 0.6 is 23.2 Å². The zero-order valence-electron chi connectivity index (χ0n) is 13.2. The van der Waals surface area contributed by atoms with Crippen molar-refractivity contribution in [2.45, 2.75) is 6.92 Å². The minimum atomic E-state index is -0.869. The normalized spacial score (nSPS) is 10.4. The lowest BCUT2D eigenvalue weighted by Gasteiger charge is -2.21. The van der Waals surface area contributed by atoms with Crippen molar-refractivity contribution in [1.82, 2.24) is 4.90 Å². The van der Waals surface area contributed by atoms with Crippen molar-refractivity contribution < 1.29 is 18.4 Å². The average molecular weight is 387 g/mol. The van der Waals surface area contributed by atoms with Crippen molar-refractivity contribution >= 4 is 40.7 Å². The summed E-state index contributed by atoms with van der Waals surface area (Å²) in [6.07, 6.45) is 0. The number of amides is 2. The van der Waals surface area contributed by atoms with Gasteiger partial charge in [-0.15, -0.1) is 0 Å². The van der Waals surface area contributed by atoms with Gasteiger partial charge in [0.15, 0.2) is 0 Å². The van der Waals surface area contributed by atoms with Crippen molar-refractivity contribution in [2.75, 3.05) is 18.4 Å². The maximum atomic E-state index is 13.3. The standard InChI is InChI=1S/C17H14Cl2F2N2O2/c1-2-23(17(25)10-6-11(20)8-12(21)7-10)9-15(24)22-16-13(18)4-3-5-14(16)19/h3-8H,2,9H2,1H3,(H,22,24). The molecule has 1 N–H and O–H groups in total. The molecular weight excluding hydrogens is 373 g/mol. The van der Waals surface area contributed by atoms with Crippen molar-refractivity contribution in [1.29, 1.82) is 0 Å². The molecule has 0 spiro atoms. The number of carbonyl (C=O) groups excluding carboxylic acids is 2. The number of hydrogen-bond donors (Lipinski definition) is 1. The van der Waals surface area contributed by atoms with Gasteiger partial charge in [-0.3, -0.25) is 9.59 Å². The Morgan fingerprint density at radius 2 is 1.64 bits per heavy atom. The lowest BCUT2D eigenvalue weighted by molar-refractivity contribution is -0.116. The van der Waals surface area contributed by atoms with Gasteiger partial charge in [0, 0.05) is 18.2 Å². The van der Waals surface area contributed by atoms with Gasteiger partial charge >= 0.3 is 0 Å². The van der Waals surface area contributed by atoms with Crippen LogP contribution in [0.4, 0.5) is 14.5 Å². The molecule has 0 aromatic heterocycles. The molecule has 0 unspecified atom stereocenters. The Morgan fingerprint density at radius 1 is 1.08 bits per heavy atom. The van der Waals surface area contributed by atoms with Crippen LogP contribution in [0.2, 0.25) is 10.0 Å². The molecule has 4 nitrogen and oxygen atoms in total. The Balaban J connectivity index is 2.13. The van der Waals surface area contributed by atoms with E-state index in [0.717, 1.165) is 17.0 Å². The first-order valence-corrected chi connectivity index (χ1v) is 8.06. The number of nitrogens with one attached hydrogen (secondary N) is 1. The van der Waals surface area contributed by atoms with E-state index < -0.39 is 23.4 Å². The van der Waals surface area contributed by atoms with E-state index in [-0.39, 0.29) is 34.4 Å². The zero-order valence-corrected chi connectivity index (χ0v) is 14.7. The maximum Gasteiger partial charge on any atom is 0.254 e. The van der Waals surface area contributed by atoms with Crippen molar-refractivity contribution in [3.63, 3.8) is 0 Å². The fourth-order valence-electron chi connectivity index (χ4n) is 2.16. The van der Waals surface area contributed by atoms with Crippen molar-refractivity contribution in [2.24, 2.45) is 0 Å². The van der Waals surface area contributed by atoms with E-state index in [1.54, 1.807) is 25.1 Å². The van der Waals surface area contributed by atoms with Gasteiger partial charge in [0.25, 0.3) is 5.91 Å². The fourth-order valence-corrected chi connectivity index (χ4v) is 2.65. The van der Waals surface area contributed by atoms with Gasteiger partial charge in [-0.25, -0.2) is 8.78 Å².